The maximum absolute atomic E-state index is 6.00. The Morgan fingerprint density at radius 2 is 2.50 bits per heavy atom. The van der Waals surface area contributed by atoms with Gasteiger partial charge < -0.3 is 9.47 Å². The van der Waals surface area contributed by atoms with Crippen molar-refractivity contribution >= 4 is 11.3 Å². The van der Waals surface area contributed by atoms with Crippen LogP contribution < -0.4 is 11.3 Å². The molecule has 20 heavy (non-hydrogen) atoms. The average molecular weight is 297 g/mol. The number of hydrogen-bond acceptors (Lipinski definition) is 6. The predicted molar refractivity (Wildman–Crippen MR) is 78.5 cm³/mol. The highest BCUT2D eigenvalue weighted by Gasteiger charge is 2.42. The van der Waals surface area contributed by atoms with Crippen molar-refractivity contribution in [1.29, 1.82) is 0 Å². The molecule has 5 nitrogen and oxygen atoms in total. The van der Waals surface area contributed by atoms with Gasteiger partial charge in [-0.2, -0.15) is 0 Å². The first-order chi connectivity index (χ1) is 9.71. The monoisotopic (exact) mass is 297 g/mol. The number of nitrogens with one attached hydrogen (secondary N) is 1. The van der Waals surface area contributed by atoms with Crippen LogP contribution in [-0.2, 0) is 15.9 Å². The van der Waals surface area contributed by atoms with Gasteiger partial charge in [-0.3, -0.25) is 11.3 Å². The van der Waals surface area contributed by atoms with Crippen LogP contribution in [0, 0.1) is 12.8 Å². The van der Waals surface area contributed by atoms with E-state index >= 15 is 0 Å². The molecule has 1 spiro atoms. The molecule has 2 aliphatic rings. The Morgan fingerprint density at radius 3 is 3.15 bits per heavy atom. The van der Waals surface area contributed by atoms with Gasteiger partial charge in [0.1, 0.15) is 0 Å². The summed E-state index contributed by atoms with van der Waals surface area (Å²) in [7, 11) is 0. The van der Waals surface area contributed by atoms with Crippen molar-refractivity contribution in [3.63, 3.8) is 0 Å². The summed E-state index contributed by atoms with van der Waals surface area (Å²) in [4.78, 5) is 4.55. The van der Waals surface area contributed by atoms with Crippen molar-refractivity contribution < 1.29 is 9.47 Å². The van der Waals surface area contributed by atoms with Crippen LogP contribution in [0.25, 0.3) is 0 Å². The predicted octanol–water partition coefficient (Wildman–Crippen LogP) is 1.41. The minimum absolute atomic E-state index is 0.0595. The second-order valence-electron chi connectivity index (χ2n) is 5.92. The van der Waals surface area contributed by atoms with Gasteiger partial charge in [-0.15, -0.1) is 11.3 Å². The summed E-state index contributed by atoms with van der Waals surface area (Å²) in [6.07, 6.45) is 3.99. The van der Waals surface area contributed by atoms with E-state index < -0.39 is 0 Å². The van der Waals surface area contributed by atoms with Gasteiger partial charge in [0.25, 0.3) is 0 Å². The smallest absolute Gasteiger partial charge is 0.0939 e. The van der Waals surface area contributed by atoms with Crippen LogP contribution >= 0.6 is 11.3 Å². The lowest BCUT2D eigenvalue weighted by Gasteiger charge is -2.40. The molecule has 3 N–H and O–H groups in total. The molecule has 2 fully saturated rings. The van der Waals surface area contributed by atoms with E-state index in [0.717, 1.165) is 56.2 Å². The Morgan fingerprint density at radius 1 is 1.60 bits per heavy atom. The highest BCUT2D eigenvalue weighted by atomic mass is 32.1. The molecule has 0 aromatic carbocycles. The SMILES string of the molecule is Cc1nc(CC(NN)C2CCOC3(CCOC3)C2)cs1. The number of aromatic nitrogens is 1. The number of rotatable bonds is 4. The fraction of sp³-hybridized carbons (Fsp3) is 0.786. The number of hydrogen-bond donors (Lipinski definition) is 2. The third kappa shape index (κ3) is 3.04. The first-order valence-electron chi connectivity index (χ1n) is 7.30. The van der Waals surface area contributed by atoms with Gasteiger partial charge in [-0.25, -0.2) is 4.98 Å². The van der Waals surface area contributed by atoms with E-state index in [0.29, 0.717) is 5.92 Å². The van der Waals surface area contributed by atoms with E-state index in [2.05, 4.69) is 15.8 Å². The lowest BCUT2D eigenvalue weighted by atomic mass is 9.80. The number of nitrogens with two attached hydrogens (primary N) is 1. The number of aryl methyl sites for hydroxylation is 1. The van der Waals surface area contributed by atoms with Gasteiger partial charge in [0.15, 0.2) is 0 Å². The zero-order valence-electron chi connectivity index (χ0n) is 11.9. The Hall–Kier alpha value is -0.530. The molecule has 2 aliphatic heterocycles. The molecule has 0 aliphatic carbocycles. The third-order valence-electron chi connectivity index (χ3n) is 4.48. The Balaban J connectivity index is 1.65. The Bertz CT molecular complexity index is 445. The highest BCUT2D eigenvalue weighted by Crippen LogP contribution is 2.37. The molecular formula is C14H23N3O2S. The lowest BCUT2D eigenvalue weighted by molar-refractivity contribution is -0.103. The zero-order chi connectivity index (χ0) is 14.0. The molecule has 3 heterocycles. The number of ether oxygens (including phenoxy) is 2. The van der Waals surface area contributed by atoms with Crippen LogP contribution in [0.15, 0.2) is 5.38 Å². The second kappa shape index (κ2) is 6.07. The van der Waals surface area contributed by atoms with Crippen molar-refractivity contribution in [2.45, 2.75) is 44.2 Å². The van der Waals surface area contributed by atoms with Gasteiger partial charge in [-0.05, 0) is 25.7 Å². The zero-order valence-corrected chi connectivity index (χ0v) is 12.7. The fourth-order valence-electron chi connectivity index (χ4n) is 3.36. The van der Waals surface area contributed by atoms with E-state index in [1.165, 1.54) is 0 Å². The van der Waals surface area contributed by atoms with Crippen LogP contribution in [0.4, 0.5) is 0 Å². The molecule has 6 heteroatoms. The summed E-state index contributed by atoms with van der Waals surface area (Å²) in [6.45, 7) is 4.40. The summed E-state index contributed by atoms with van der Waals surface area (Å²) in [5, 5.41) is 3.25. The normalized spacial score (nSPS) is 31.8. The Kier molecular flexibility index (Phi) is 4.37. The van der Waals surface area contributed by atoms with Crippen LogP contribution in [0.5, 0.6) is 0 Å². The van der Waals surface area contributed by atoms with Gasteiger partial charge in [0.2, 0.25) is 0 Å². The first kappa shape index (κ1) is 14.4. The molecule has 112 valence electrons. The molecule has 0 saturated carbocycles. The molecule has 2 saturated heterocycles. The van der Waals surface area contributed by atoms with Gasteiger partial charge in [-0.1, -0.05) is 0 Å². The van der Waals surface area contributed by atoms with Gasteiger partial charge >= 0.3 is 0 Å². The molecule has 0 radical (unpaired) electrons. The first-order valence-corrected chi connectivity index (χ1v) is 8.18. The highest BCUT2D eigenvalue weighted by molar-refractivity contribution is 7.09. The van der Waals surface area contributed by atoms with E-state index in [-0.39, 0.29) is 11.6 Å². The minimum Gasteiger partial charge on any atom is -0.378 e. The van der Waals surface area contributed by atoms with Crippen LogP contribution in [0.1, 0.15) is 30.0 Å². The molecule has 1 aromatic heterocycles. The number of nitrogens with zero attached hydrogens (tertiary/aromatic N) is 1. The molecule has 0 bridgehead atoms. The maximum Gasteiger partial charge on any atom is 0.0939 e. The molecule has 3 atom stereocenters. The van der Waals surface area contributed by atoms with Gasteiger partial charge in [0, 0.05) is 37.5 Å². The average Bonchev–Trinajstić information content (AvgIpc) is 3.06. The van der Waals surface area contributed by atoms with Crippen molar-refractivity contribution in [2.75, 3.05) is 19.8 Å². The van der Waals surface area contributed by atoms with E-state index in [1.807, 2.05) is 6.92 Å². The Labute approximate surface area is 123 Å². The largest absolute Gasteiger partial charge is 0.378 e. The van der Waals surface area contributed by atoms with E-state index in [9.17, 15) is 0 Å². The van der Waals surface area contributed by atoms with Crippen LogP contribution in [0.2, 0.25) is 0 Å². The summed E-state index contributed by atoms with van der Waals surface area (Å²) in [5.41, 5.74) is 4.08. The van der Waals surface area contributed by atoms with Crippen LogP contribution in [-0.4, -0.2) is 36.4 Å². The summed E-state index contributed by atoms with van der Waals surface area (Å²) in [5.74, 6) is 6.32. The van der Waals surface area contributed by atoms with Crippen molar-refractivity contribution in [1.82, 2.24) is 10.4 Å². The van der Waals surface area contributed by atoms with E-state index in [4.69, 9.17) is 15.3 Å². The van der Waals surface area contributed by atoms with Crippen LogP contribution in [0.3, 0.4) is 0 Å². The minimum atomic E-state index is -0.0595. The van der Waals surface area contributed by atoms with Crippen molar-refractivity contribution in [3.05, 3.63) is 16.1 Å². The number of thiazole rings is 1. The molecule has 3 rings (SSSR count). The summed E-state index contributed by atoms with van der Waals surface area (Å²) < 4.78 is 11.5. The van der Waals surface area contributed by atoms with E-state index in [1.54, 1.807) is 11.3 Å². The fourth-order valence-corrected chi connectivity index (χ4v) is 3.99. The summed E-state index contributed by atoms with van der Waals surface area (Å²) in [6, 6.07) is 0.262. The number of hydrazine groups is 1. The second-order valence-corrected chi connectivity index (χ2v) is 6.98. The third-order valence-corrected chi connectivity index (χ3v) is 5.30. The standard InChI is InChI=1S/C14H23N3O2S/c1-10-16-12(8-20-10)6-13(17-15)11-2-4-19-14(7-11)3-5-18-9-14/h8,11,13,17H,2-7,9,15H2,1H3. The molecule has 3 unspecified atom stereocenters. The molecule has 1 aromatic rings. The topological polar surface area (TPSA) is 69.4 Å². The van der Waals surface area contributed by atoms with Crippen molar-refractivity contribution in [3.8, 4) is 0 Å². The maximum atomic E-state index is 6.00. The lowest BCUT2D eigenvalue weighted by Crippen LogP contribution is -2.50. The summed E-state index contributed by atoms with van der Waals surface area (Å²) >= 11 is 1.70. The molecule has 0 amide bonds. The molecular weight excluding hydrogens is 274 g/mol. The van der Waals surface area contributed by atoms with Gasteiger partial charge in [0.05, 0.1) is 22.9 Å². The quantitative estimate of drug-likeness (QED) is 0.649. The van der Waals surface area contributed by atoms with Crippen molar-refractivity contribution in [2.24, 2.45) is 11.8 Å².